The Labute approximate surface area is 158 Å². The first-order valence-corrected chi connectivity index (χ1v) is 9.80. The minimum absolute atomic E-state index is 0. The van der Waals surface area contributed by atoms with Crippen LogP contribution in [0.4, 0.5) is 0 Å². The van der Waals surface area contributed by atoms with Gasteiger partial charge in [0.25, 0.3) is 0 Å². The van der Waals surface area contributed by atoms with E-state index in [0.29, 0.717) is 24.3 Å². The number of hydrogen-bond acceptors (Lipinski definition) is 2. The van der Waals surface area contributed by atoms with Gasteiger partial charge in [0.15, 0.2) is 0 Å². The van der Waals surface area contributed by atoms with Gasteiger partial charge >= 0.3 is 0 Å². The van der Waals surface area contributed by atoms with Crippen LogP contribution in [0.3, 0.4) is 0 Å². The minimum Gasteiger partial charge on any atom is -0.342 e. The summed E-state index contributed by atoms with van der Waals surface area (Å²) in [6.07, 6.45) is 9.96. The highest BCUT2D eigenvalue weighted by atomic mass is 35.5. The Morgan fingerprint density at radius 1 is 1.08 bits per heavy atom. The first-order valence-electron chi connectivity index (χ1n) is 9.80. The van der Waals surface area contributed by atoms with E-state index in [2.05, 4.69) is 29.2 Å². The van der Waals surface area contributed by atoms with Gasteiger partial charge in [0, 0.05) is 25.4 Å². The van der Waals surface area contributed by atoms with E-state index in [4.69, 9.17) is 5.73 Å². The van der Waals surface area contributed by atoms with Crippen LogP contribution in [0.15, 0.2) is 30.3 Å². The van der Waals surface area contributed by atoms with E-state index < -0.39 is 0 Å². The molecule has 25 heavy (non-hydrogen) atoms. The first-order chi connectivity index (χ1) is 11.8. The molecule has 1 saturated carbocycles. The number of amides is 1. The zero-order valence-corrected chi connectivity index (χ0v) is 16.1. The van der Waals surface area contributed by atoms with E-state index in [0.717, 1.165) is 31.8 Å². The number of nitrogens with two attached hydrogens (primary N) is 1. The van der Waals surface area contributed by atoms with Crippen LogP contribution in [0, 0.1) is 11.8 Å². The Balaban J connectivity index is 0.00000225. The summed E-state index contributed by atoms with van der Waals surface area (Å²) in [5, 5.41) is 0. The lowest BCUT2D eigenvalue weighted by Gasteiger charge is -2.22. The van der Waals surface area contributed by atoms with E-state index in [-0.39, 0.29) is 12.4 Å². The molecule has 0 unspecified atom stereocenters. The fourth-order valence-electron chi connectivity index (χ4n) is 4.57. The lowest BCUT2D eigenvalue weighted by Crippen LogP contribution is -2.29. The van der Waals surface area contributed by atoms with Crippen LogP contribution in [0.25, 0.3) is 0 Å². The Kier molecular flexibility index (Phi) is 8.25. The lowest BCUT2D eigenvalue weighted by molar-refractivity contribution is -0.130. The molecule has 2 N–H and O–H groups in total. The van der Waals surface area contributed by atoms with Gasteiger partial charge in [0.1, 0.15) is 0 Å². The summed E-state index contributed by atoms with van der Waals surface area (Å²) in [4.78, 5) is 14.7. The van der Waals surface area contributed by atoms with Crippen molar-refractivity contribution in [3.63, 3.8) is 0 Å². The van der Waals surface area contributed by atoms with Gasteiger partial charge in [-0.3, -0.25) is 4.79 Å². The van der Waals surface area contributed by atoms with Crippen LogP contribution in [0.1, 0.15) is 62.8 Å². The molecular formula is C21H33ClN2O. The molecule has 1 aliphatic heterocycles. The van der Waals surface area contributed by atoms with Crippen molar-refractivity contribution in [2.75, 3.05) is 19.6 Å². The molecule has 3 nitrogen and oxygen atoms in total. The maximum Gasteiger partial charge on any atom is 0.222 e. The highest BCUT2D eigenvalue weighted by molar-refractivity contribution is 5.85. The van der Waals surface area contributed by atoms with Gasteiger partial charge in [0.05, 0.1) is 0 Å². The van der Waals surface area contributed by atoms with Gasteiger partial charge in [-0.05, 0) is 36.8 Å². The average molecular weight is 365 g/mol. The quantitative estimate of drug-likeness (QED) is 0.815. The second-order valence-electron chi connectivity index (χ2n) is 7.71. The van der Waals surface area contributed by atoms with Gasteiger partial charge < -0.3 is 10.6 Å². The molecule has 1 saturated heterocycles. The van der Waals surface area contributed by atoms with Gasteiger partial charge in [-0.15, -0.1) is 12.4 Å². The lowest BCUT2D eigenvalue weighted by atomic mass is 9.86. The van der Waals surface area contributed by atoms with Crippen molar-refractivity contribution in [2.24, 2.45) is 17.6 Å². The molecule has 3 rings (SSSR count). The first kappa shape index (κ1) is 20.3. The van der Waals surface area contributed by atoms with Crippen LogP contribution in [0.5, 0.6) is 0 Å². The highest BCUT2D eigenvalue weighted by Crippen LogP contribution is 2.33. The van der Waals surface area contributed by atoms with Crippen molar-refractivity contribution < 1.29 is 4.79 Å². The molecule has 0 spiro atoms. The largest absolute Gasteiger partial charge is 0.342 e. The number of hydrogen-bond donors (Lipinski definition) is 1. The molecule has 0 aromatic heterocycles. The van der Waals surface area contributed by atoms with E-state index in [9.17, 15) is 4.79 Å². The zero-order valence-electron chi connectivity index (χ0n) is 15.2. The number of carbonyl (C=O) groups is 1. The standard InChI is InChI=1S/C21H32N2O.ClH/c22-14-19-15-23(16-20(19)18-11-5-2-6-12-18)21(24)13-7-10-17-8-3-1-4-9-17;/h2,5-6,11-12,17,19-20H,1,3-4,7-10,13-16,22H2;1H/t19-,20+;/m1./s1. The minimum atomic E-state index is 0. The topological polar surface area (TPSA) is 46.3 Å². The summed E-state index contributed by atoms with van der Waals surface area (Å²) < 4.78 is 0. The maximum atomic E-state index is 12.6. The van der Waals surface area contributed by atoms with E-state index in [1.165, 1.54) is 44.1 Å². The molecule has 2 fully saturated rings. The molecule has 0 radical (unpaired) electrons. The molecular weight excluding hydrogens is 332 g/mol. The number of nitrogens with zero attached hydrogens (tertiary/aromatic N) is 1. The summed E-state index contributed by atoms with van der Waals surface area (Å²) in [5.74, 6) is 2.01. The summed E-state index contributed by atoms with van der Waals surface area (Å²) in [6, 6.07) is 10.5. The molecule has 4 heteroatoms. The fourth-order valence-corrected chi connectivity index (χ4v) is 4.57. The Bertz CT molecular complexity index is 516. The van der Waals surface area contributed by atoms with Crippen LogP contribution in [0.2, 0.25) is 0 Å². The molecule has 1 heterocycles. The van der Waals surface area contributed by atoms with Crippen LogP contribution >= 0.6 is 12.4 Å². The fraction of sp³-hybridized carbons (Fsp3) is 0.667. The van der Waals surface area contributed by atoms with Gasteiger partial charge in [0.2, 0.25) is 5.91 Å². The monoisotopic (exact) mass is 364 g/mol. The van der Waals surface area contributed by atoms with Crippen molar-refractivity contribution in [1.82, 2.24) is 4.90 Å². The van der Waals surface area contributed by atoms with Crippen LogP contribution < -0.4 is 5.73 Å². The molecule has 1 aromatic carbocycles. The normalized spacial score (nSPS) is 24.1. The number of carbonyl (C=O) groups excluding carboxylic acids is 1. The number of benzene rings is 1. The summed E-state index contributed by atoms with van der Waals surface area (Å²) in [6.45, 7) is 2.33. The number of likely N-dealkylation sites (tertiary alicyclic amines) is 1. The Hall–Kier alpha value is -1.06. The summed E-state index contributed by atoms with van der Waals surface area (Å²) in [5.41, 5.74) is 7.31. The van der Waals surface area contributed by atoms with E-state index in [1.54, 1.807) is 0 Å². The van der Waals surface area contributed by atoms with Gasteiger partial charge in [-0.25, -0.2) is 0 Å². The third kappa shape index (κ3) is 5.46. The zero-order chi connectivity index (χ0) is 16.8. The predicted octanol–water partition coefficient (Wildman–Crippen LogP) is 4.36. The van der Waals surface area contributed by atoms with Crippen LogP contribution in [-0.2, 0) is 4.79 Å². The predicted molar refractivity (Wildman–Crippen MR) is 106 cm³/mol. The van der Waals surface area contributed by atoms with Crippen molar-refractivity contribution in [2.45, 2.75) is 57.3 Å². The van der Waals surface area contributed by atoms with Gasteiger partial charge in [-0.1, -0.05) is 62.4 Å². The second kappa shape index (κ2) is 10.2. The van der Waals surface area contributed by atoms with E-state index >= 15 is 0 Å². The molecule has 1 aromatic rings. The molecule has 2 aliphatic rings. The highest BCUT2D eigenvalue weighted by Gasteiger charge is 2.34. The molecule has 1 aliphatic carbocycles. The van der Waals surface area contributed by atoms with Crippen LogP contribution in [-0.4, -0.2) is 30.4 Å². The molecule has 2 atom stereocenters. The van der Waals surface area contributed by atoms with Crippen molar-refractivity contribution in [3.8, 4) is 0 Å². The third-order valence-corrected chi connectivity index (χ3v) is 6.05. The molecule has 140 valence electrons. The maximum absolute atomic E-state index is 12.6. The SMILES string of the molecule is Cl.NC[C@@H]1CN(C(=O)CCCC2CCCCC2)C[C@H]1c1ccccc1. The average Bonchev–Trinajstić information content (AvgIpc) is 3.08. The van der Waals surface area contributed by atoms with Crippen molar-refractivity contribution in [3.05, 3.63) is 35.9 Å². The number of rotatable bonds is 6. The second-order valence-corrected chi connectivity index (χ2v) is 7.71. The third-order valence-electron chi connectivity index (χ3n) is 6.05. The van der Waals surface area contributed by atoms with Crippen molar-refractivity contribution >= 4 is 18.3 Å². The number of halogens is 1. The Morgan fingerprint density at radius 3 is 2.48 bits per heavy atom. The molecule has 1 amide bonds. The molecule has 0 bridgehead atoms. The summed E-state index contributed by atoms with van der Waals surface area (Å²) in [7, 11) is 0. The smallest absolute Gasteiger partial charge is 0.222 e. The van der Waals surface area contributed by atoms with Crippen molar-refractivity contribution in [1.29, 1.82) is 0 Å². The van der Waals surface area contributed by atoms with E-state index in [1.807, 2.05) is 6.07 Å². The summed E-state index contributed by atoms with van der Waals surface area (Å²) >= 11 is 0. The van der Waals surface area contributed by atoms with Gasteiger partial charge in [-0.2, -0.15) is 0 Å². The Morgan fingerprint density at radius 2 is 1.80 bits per heavy atom.